The summed E-state index contributed by atoms with van der Waals surface area (Å²) in [6.45, 7) is 5.93. The lowest BCUT2D eigenvalue weighted by Gasteiger charge is -2.10. The lowest BCUT2D eigenvalue weighted by Crippen LogP contribution is -2.10. The van der Waals surface area contributed by atoms with E-state index in [1.807, 2.05) is 6.07 Å². The third kappa shape index (κ3) is 3.08. The number of benzene rings is 1. The summed E-state index contributed by atoms with van der Waals surface area (Å²) in [6, 6.07) is 6.19. The highest BCUT2D eigenvalue weighted by atomic mass is 16.4. The van der Waals surface area contributed by atoms with E-state index >= 15 is 0 Å². The first-order valence-electron chi connectivity index (χ1n) is 5.30. The van der Waals surface area contributed by atoms with Crippen molar-refractivity contribution in [3.8, 4) is 0 Å². The van der Waals surface area contributed by atoms with Crippen molar-refractivity contribution in [1.82, 2.24) is 0 Å². The highest BCUT2D eigenvalue weighted by molar-refractivity contribution is 5.69. The van der Waals surface area contributed by atoms with Crippen molar-refractivity contribution in [2.24, 2.45) is 5.92 Å². The molecule has 1 aromatic carbocycles. The zero-order valence-corrected chi connectivity index (χ0v) is 9.58. The van der Waals surface area contributed by atoms with Gasteiger partial charge < -0.3 is 5.11 Å². The molecule has 0 bridgehead atoms. The Kier molecular flexibility index (Phi) is 3.89. The van der Waals surface area contributed by atoms with E-state index in [0.717, 1.165) is 6.42 Å². The minimum atomic E-state index is -0.708. The van der Waals surface area contributed by atoms with E-state index in [2.05, 4.69) is 26.0 Å². The fourth-order valence-electron chi connectivity index (χ4n) is 1.58. The Balaban J connectivity index is 2.66. The summed E-state index contributed by atoms with van der Waals surface area (Å²) in [5.74, 6) is -0.967. The third-order valence-electron chi connectivity index (χ3n) is 2.99. The molecule has 82 valence electrons. The summed E-state index contributed by atoms with van der Waals surface area (Å²) in [4.78, 5) is 10.7. The fourth-order valence-corrected chi connectivity index (χ4v) is 1.58. The Labute approximate surface area is 90.9 Å². The lowest BCUT2D eigenvalue weighted by atomic mass is 9.96. The second kappa shape index (κ2) is 4.96. The van der Waals surface area contributed by atoms with Gasteiger partial charge in [0.25, 0.3) is 0 Å². The first-order valence-corrected chi connectivity index (χ1v) is 5.30. The van der Waals surface area contributed by atoms with Crippen LogP contribution in [0, 0.1) is 19.8 Å². The SMILES string of the molecule is Cc1cccc(CCC(C)C(=O)O)c1C. The maximum absolute atomic E-state index is 10.7. The van der Waals surface area contributed by atoms with Crippen LogP contribution in [0.25, 0.3) is 0 Å². The van der Waals surface area contributed by atoms with Crippen molar-refractivity contribution >= 4 is 5.97 Å². The Morgan fingerprint density at radius 1 is 1.40 bits per heavy atom. The van der Waals surface area contributed by atoms with Crippen LogP contribution in [0.5, 0.6) is 0 Å². The summed E-state index contributed by atoms with van der Waals surface area (Å²) in [7, 11) is 0. The predicted octanol–water partition coefficient (Wildman–Crippen LogP) is 2.96. The summed E-state index contributed by atoms with van der Waals surface area (Å²) < 4.78 is 0. The Bertz CT molecular complexity index is 356. The van der Waals surface area contributed by atoms with Gasteiger partial charge in [-0.2, -0.15) is 0 Å². The molecule has 1 atom stereocenters. The van der Waals surface area contributed by atoms with Crippen molar-refractivity contribution in [2.75, 3.05) is 0 Å². The Morgan fingerprint density at radius 2 is 2.07 bits per heavy atom. The number of hydrogen-bond donors (Lipinski definition) is 1. The van der Waals surface area contributed by atoms with Crippen molar-refractivity contribution in [3.05, 3.63) is 34.9 Å². The minimum absolute atomic E-state index is 0.259. The van der Waals surface area contributed by atoms with Gasteiger partial charge in [0.1, 0.15) is 0 Å². The minimum Gasteiger partial charge on any atom is -0.481 e. The van der Waals surface area contributed by atoms with Crippen molar-refractivity contribution in [2.45, 2.75) is 33.6 Å². The monoisotopic (exact) mass is 206 g/mol. The molecular weight excluding hydrogens is 188 g/mol. The molecule has 1 aromatic rings. The molecule has 1 rings (SSSR count). The quantitative estimate of drug-likeness (QED) is 0.822. The summed E-state index contributed by atoms with van der Waals surface area (Å²) in [6.07, 6.45) is 1.56. The predicted molar refractivity (Wildman–Crippen MR) is 61.0 cm³/mol. The molecule has 2 heteroatoms. The van der Waals surface area contributed by atoms with E-state index in [0.29, 0.717) is 6.42 Å². The van der Waals surface area contributed by atoms with Gasteiger partial charge in [-0.3, -0.25) is 4.79 Å². The molecule has 0 aliphatic rings. The van der Waals surface area contributed by atoms with Crippen LogP contribution in [0.2, 0.25) is 0 Å². The highest BCUT2D eigenvalue weighted by Crippen LogP contribution is 2.16. The van der Waals surface area contributed by atoms with Crippen LogP contribution in [0.3, 0.4) is 0 Å². The Morgan fingerprint density at radius 3 is 2.67 bits per heavy atom. The molecule has 0 amide bonds. The maximum Gasteiger partial charge on any atom is 0.306 e. The molecule has 0 heterocycles. The van der Waals surface area contributed by atoms with Crippen molar-refractivity contribution in [1.29, 1.82) is 0 Å². The van der Waals surface area contributed by atoms with Crippen LogP contribution in [0.15, 0.2) is 18.2 Å². The molecule has 0 aliphatic heterocycles. The molecule has 0 saturated carbocycles. The van der Waals surface area contributed by atoms with Crippen LogP contribution in [-0.4, -0.2) is 11.1 Å². The number of aliphatic carboxylic acids is 1. The van der Waals surface area contributed by atoms with E-state index in [9.17, 15) is 4.79 Å². The molecule has 2 nitrogen and oxygen atoms in total. The van der Waals surface area contributed by atoms with Crippen molar-refractivity contribution < 1.29 is 9.90 Å². The number of carbonyl (C=O) groups is 1. The van der Waals surface area contributed by atoms with Crippen LogP contribution in [0.1, 0.15) is 30.0 Å². The smallest absolute Gasteiger partial charge is 0.306 e. The summed E-state index contributed by atoms with van der Waals surface area (Å²) in [5, 5.41) is 8.78. The second-order valence-electron chi connectivity index (χ2n) is 4.14. The topological polar surface area (TPSA) is 37.3 Å². The van der Waals surface area contributed by atoms with E-state index in [1.54, 1.807) is 6.92 Å². The van der Waals surface area contributed by atoms with E-state index < -0.39 is 5.97 Å². The summed E-state index contributed by atoms with van der Waals surface area (Å²) >= 11 is 0. The maximum atomic E-state index is 10.7. The molecule has 0 saturated heterocycles. The molecule has 0 radical (unpaired) electrons. The van der Waals surface area contributed by atoms with Gasteiger partial charge in [-0.25, -0.2) is 0 Å². The number of aryl methyl sites for hydroxylation is 2. The molecule has 15 heavy (non-hydrogen) atoms. The van der Waals surface area contributed by atoms with Crippen LogP contribution >= 0.6 is 0 Å². The molecule has 0 aliphatic carbocycles. The van der Waals surface area contributed by atoms with Crippen molar-refractivity contribution in [3.63, 3.8) is 0 Å². The molecule has 0 spiro atoms. The lowest BCUT2D eigenvalue weighted by molar-refractivity contribution is -0.141. The highest BCUT2D eigenvalue weighted by Gasteiger charge is 2.11. The van der Waals surface area contributed by atoms with Gasteiger partial charge in [-0.05, 0) is 43.4 Å². The molecule has 1 unspecified atom stereocenters. The number of carboxylic acids is 1. The first-order chi connectivity index (χ1) is 7.02. The fraction of sp³-hybridized carbons (Fsp3) is 0.462. The molecule has 1 N–H and O–H groups in total. The molecular formula is C13H18O2. The standard InChI is InChI=1S/C13H18O2/c1-9-5-4-6-12(11(9)3)8-7-10(2)13(14)15/h4-6,10H,7-8H2,1-3H3,(H,14,15). The number of rotatable bonds is 4. The van der Waals surface area contributed by atoms with Crippen LogP contribution in [0.4, 0.5) is 0 Å². The normalized spacial score (nSPS) is 12.5. The molecule has 0 fully saturated rings. The zero-order chi connectivity index (χ0) is 11.4. The first kappa shape index (κ1) is 11.8. The van der Waals surface area contributed by atoms with Crippen LogP contribution < -0.4 is 0 Å². The van der Waals surface area contributed by atoms with Gasteiger partial charge in [0.2, 0.25) is 0 Å². The van der Waals surface area contributed by atoms with Gasteiger partial charge in [0, 0.05) is 0 Å². The van der Waals surface area contributed by atoms with Gasteiger partial charge in [0.05, 0.1) is 5.92 Å². The number of carboxylic acid groups (broad SMARTS) is 1. The molecule has 0 aromatic heterocycles. The largest absolute Gasteiger partial charge is 0.481 e. The van der Waals surface area contributed by atoms with Gasteiger partial charge in [-0.15, -0.1) is 0 Å². The Hall–Kier alpha value is -1.31. The van der Waals surface area contributed by atoms with E-state index in [-0.39, 0.29) is 5.92 Å². The number of hydrogen-bond acceptors (Lipinski definition) is 1. The van der Waals surface area contributed by atoms with E-state index in [4.69, 9.17) is 5.11 Å². The van der Waals surface area contributed by atoms with Gasteiger partial charge >= 0.3 is 5.97 Å². The average molecular weight is 206 g/mol. The zero-order valence-electron chi connectivity index (χ0n) is 9.58. The summed E-state index contributed by atoms with van der Waals surface area (Å²) in [5.41, 5.74) is 3.83. The van der Waals surface area contributed by atoms with Gasteiger partial charge in [-0.1, -0.05) is 25.1 Å². The van der Waals surface area contributed by atoms with Gasteiger partial charge in [0.15, 0.2) is 0 Å². The van der Waals surface area contributed by atoms with E-state index in [1.165, 1.54) is 16.7 Å². The second-order valence-corrected chi connectivity index (χ2v) is 4.14. The third-order valence-corrected chi connectivity index (χ3v) is 2.99. The van der Waals surface area contributed by atoms with Crippen LogP contribution in [-0.2, 0) is 11.2 Å². The average Bonchev–Trinajstić information content (AvgIpc) is 2.19.